The third kappa shape index (κ3) is 4.35. The summed E-state index contributed by atoms with van der Waals surface area (Å²) in [6, 6.07) is 6.25. The highest BCUT2D eigenvalue weighted by Crippen LogP contribution is 2.34. The number of hydrogen-bond acceptors (Lipinski definition) is 5. The van der Waals surface area contributed by atoms with Crippen LogP contribution < -0.4 is 0 Å². The SMILES string of the molecule is Cc1ccc(S(=O)(=O)n2cc(I)nc2[C@@H]2CCCN2C(=O)OC(C)(C)C)cc1. The molecule has 0 bridgehead atoms. The molecule has 1 aromatic carbocycles. The number of nitrogens with zero attached hydrogens (tertiary/aromatic N) is 3. The maximum atomic E-state index is 13.2. The molecule has 2 heterocycles. The van der Waals surface area contributed by atoms with E-state index in [1.807, 2.05) is 50.3 Å². The van der Waals surface area contributed by atoms with E-state index in [0.717, 1.165) is 12.0 Å². The molecular weight excluding hydrogens is 493 g/mol. The van der Waals surface area contributed by atoms with Gasteiger partial charge in [-0.05, 0) is 75.3 Å². The Morgan fingerprint density at radius 2 is 1.89 bits per heavy atom. The molecule has 0 radical (unpaired) electrons. The summed E-state index contributed by atoms with van der Waals surface area (Å²) in [5.74, 6) is 0.341. The largest absolute Gasteiger partial charge is 0.444 e. The number of rotatable bonds is 3. The topological polar surface area (TPSA) is 81.5 Å². The number of likely N-dealkylation sites (tertiary alicyclic amines) is 1. The number of benzene rings is 1. The summed E-state index contributed by atoms with van der Waals surface area (Å²) in [6.45, 7) is 7.83. The summed E-state index contributed by atoms with van der Waals surface area (Å²) in [7, 11) is -3.82. The van der Waals surface area contributed by atoms with Crippen LogP contribution in [0.5, 0.6) is 0 Å². The molecule has 0 aliphatic carbocycles. The second-order valence-corrected chi connectivity index (χ2v) is 10.8. The molecule has 0 saturated carbocycles. The van der Waals surface area contributed by atoms with Gasteiger partial charge in [0.1, 0.15) is 15.1 Å². The Labute approximate surface area is 179 Å². The van der Waals surface area contributed by atoms with Crippen molar-refractivity contribution in [1.29, 1.82) is 0 Å². The fraction of sp³-hybridized carbons (Fsp3) is 0.474. The number of aromatic nitrogens is 2. The summed E-state index contributed by atoms with van der Waals surface area (Å²) in [6.07, 6.45) is 2.44. The molecule has 1 atom stereocenters. The third-order valence-electron chi connectivity index (χ3n) is 4.43. The van der Waals surface area contributed by atoms with Crippen LogP contribution in [-0.4, -0.2) is 40.5 Å². The van der Waals surface area contributed by atoms with Crippen LogP contribution in [0.15, 0.2) is 35.4 Å². The van der Waals surface area contributed by atoms with E-state index >= 15 is 0 Å². The van der Waals surface area contributed by atoms with E-state index in [2.05, 4.69) is 4.98 Å². The Morgan fingerprint density at radius 3 is 2.50 bits per heavy atom. The molecule has 1 saturated heterocycles. The lowest BCUT2D eigenvalue weighted by Crippen LogP contribution is -2.37. The molecule has 0 spiro atoms. The fourth-order valence-corrected chi connectivity index (χ4v) is 5.23. The maximum absolute atomic E-state index is 13.2. The number of aryl methyl sites for hydroxylation is 1. The Bertz CT molecular complexity index is 978. The van der Waals surface area contributed by atoms with Crippen LogP contribution in [0.3, 0.4) is 0 Å². The molecule has 0 unspecified atom stereocenters. The fourth-order valence-electron chi connectivity index (χ4n) is 3.16. The molecule has 3 rings (SSSR count). The minimum atomic E-state index is -3.82. The Balaban J connectivity index is 2.00. The third-order valence-corrected chi connectivity index (χ3v) is 6.63. The first-order valence-electron chi connectivity index (χ1n) is 9.06. The van der Waals surface area contributed by atoms with Crippen molar-refractivity contribution >= 4 is 38.7 Å². The molecule has 0 N–H and O–H groups in total. The van der Waals surface area contributed by atoms with Gasteiger partial charge in [-0.25, -0.2) is 22.2 Å². The van der Waals surface area contributed by atoms with Gasteiger partial charge in [-0.1, -0.05) is 17.7 Å². The first-order chi connectivity index (χ1) is 13.0. The van der Waals surface area contributed by atoms with Crippen molar-refractivity contribution in [3.8, 4) is 0 Å². The summed E-state index contributed by atoms with van der Waals surface area (Å²) < 4.78 is 33.7. The van der Waals surface area contributed by atoms with Crippen molar-refractivity contribution in [2.45, 2.75) is 57.1 Å². The summed E-state index contributed by atoms with van der Waals surface area (Å²) >= 11 is 1.99. The molecule has 28 heavy (non-hydrogen) atoms. The van der Waals surface area contributed by atoms with E-state index in [9.17, 15) is 13.2 Å². The zero-order valence-corrected chi connectivity index (χ0v) is 19.3. The van der Waals surface area contributed by atoms with E-state index in [0.29, 0.717) is 22.5 Å². The zero-order chi connectivity index (χ0) is 20.7. The zero-order valence-electron chi connectivity index (χ0n) is 16.3. The van der Waals surface area contributed by atoms with Gasteiger partial charge in [0, 0.05) is 6.54 Å². The Kier molecular flexibility index (Phi) is 5.77. The van der Waals surface area contributed by atoms with E-state index in [1.54, 1.807) is 29.2 Å². The molecule has 1 amide bonds. The van der Waals surface area contributed by atoms with Gasteiger partial charge in [0.25, 0.3) is 10.0 Å². The lowest BCUT2D eigenvalue weighted by molar-refractivity contribution is 0.0217. The normalized spacial score (nSPS) is 17.8. The molecular formula is C19H24IN3O4S. The van der Waals surface area contributed by atoms with Gasteiger partial charge in [-0.3, -0.25) is 4.90 Å². The minimum absolute atomic E-state index is 0.190. The maximum Gasteiger partial charge on any atom is 0.410 e. The predicted octanol–water partition coefficient (Wildman–Crippen LogP) is 4.11. The number of carbonyl (C=O) groups is 1. The van der Waals surface area contributed by atoms with Crippen molar-refractivity contribution in [3.63, 3.8) is 0 Å². The van der Waals surface area contributed by atoms with Crippen LogP contribution in [0.4, 0.5) is 4.79 Å². The van der Waals surface area contributed by atoms with Crippen molar-refractivity contribution < 1.29 is 17.9 Å². The quantitative estimate of drug-likeness (QED) is 0.573. The summed E-state index contributed by atoms with van der Waals surface area (Å²) in [4.78, 5) is 18.9. The van der Waals surface area contributed by atoms with Gasteiger partial charge >= 0.3 is 6.09 Å². The molecule has 1 fully saturated rings. The first-order valence-corrected chi connectivity index (χ1v) is 11.6. The van der Waals surface area contributed by atoms with Gasteiger partial charge < -0.3 is 4.74 Å². The second kappa shape index (κ2) is 7.66. The standard InChI is InChI=1S/C19H24IN3O4S/c1-13-7-9-14(10-8-13)28(25,26)23-12-16(20)21-17(23)15-6-5-11-22(15)18(24)27-19(2,3)4/h7-10,12,15H,5-6,11H2,1-4H3/t15-/m0/s1. The highest BCUT2D eigenvalue weighted by molar-refractivity contribution is 14.1. The second-order valence-electron chi connectivity index (χ2n) is 7.87. The summed E-state index contributed by atoms with van der Waals surface area (Å²) in [5, 5.41) is 0. The van der Waals surface area contributed by atoms with Gasteiger partial charge in [-0.15, -0.1) is 0 Å². The van der Waals surface area contributed by atoms with Crippen LogP contribution in [0.1, 0.15) is 51.0 Å². The van der Waals surface area contributed by atoms with Crippen LogP contribution in [-0.2, 0) is 14.8 Å². The van der Waals surface area contributed by atoms with E-state index in [4.69, 9.17) is 4.74 Å². The predicted molar refractivity (Wildman–Crippen MR) is 114 cm³/mol. The van der Waals surface area contributed by atoms with Crippen LogP contribution >= 0.6 is 22.6 Å². The number of hydrogen-bond donors (Lipinski definition) is 0. The van der Waals surface area contributed by atoms with E-state index in [-0.39, 0.29) is 4.90 Å². The van der Waals surface area contributed by atoms with Gasteiger partial charge in [-0.2, -0.15) is 0 Å². The highest BCUT2D eigenvalue weighted by atomic mass is 127. The van der Waals surface area contributed by atoms with Crippen LogP contribution in [0.25, 0.3) is 0 Å². The van der Waals surface area contributed by atoms with E-state index < -0.39 is 27.8 Å². The molecule has 1 aromatic heterocycles. The van der Waals surface area contributed by atoms with Gasteiger partial charge in [0.2, 0.25) is 0 Å². The van der Waals surface area contributed by atoms with Gasteiger partial charge in [0.05, 0.1) is 17.1 Å². The molecule has 1 aliphatic heterocycles. The van der Waals surface area contributed by atoms with Crippen molar-refractivity contribution in [3.05, 3.63) is 45.6 Å². The van der Waals surface area contributed by atoms with Crippen LogP contribution in [0, 0.1) is 10.6 Å². The monoisotopic (exact) mass is 517 g/mol. The molecule has 9 heteroatoms. The van der Waals surface area contributed by atoms with Crippen molar-refractivity contribution in [2.24, 2.45) is 0 Å². The first kappa shape index (κ1) is 21.1. The lowest BCUT2D eigenvalue weighted by atomic mass is 10.2. The number of ether oxygens (including phenoxy) is 1. The number of halogens is 1. The Morgan fingerprint density at radius 1 is 1.25 bits per heavy atom. The number of imidazole rings is 1. The molecule has 2 aromatic rings. The number of amides is 1. The number of carbonyl (C=O) groups excluding carboxylic acids is 1. The van der Waals surface area contributed by atoms with E-state index in [1.165, 1.54) is 10.2 Å². The van der Waals surface area contributed by atoms with Gasteiger partial charge in [0.15, 0.2) is 0 Å². The lowest BCUT2D eigenvalue weighted by Gasteiger charge is -2.28. The molecule has 7 nitrogen and oxygen atoms in total. The highest BCUT2D eigenvalue weighted by Gasteiger charge is 2.37. The molecule has 1 aliphatic rings. The summed E-state index contributed by atoms with van der Waals surface area (Å²) in [5.41, 5.74) is 0.355. The minimum Gasteiger partial charge on any atom is -0.444 e. The smallest absolute Gasteiger partial charge is 0.410 e. The van der Waals surface area contributed by atoms with Crippen LogP contribution in [0.2, 0.25) is 0 Å². The van der Waals surface area contributed by atoms with Crippen molar-refractivity contribution in [2.75, 3.05) is 6.54 Å². The molecule has 152 valence electrons. The van der Waals surface area contributed by atoms with Crippen molar-refractivity contribution in [1.82, 2.24) is 13.9 Å². The average molecular weight is 517 g/mol. The average Bonchev–Trinajstić information content (AvgIpc) is 3.20. The Hall–Kier alpha value is -1.62.